The molecule has 0 aliphatic heterocycles. The number of likely N-dealkylation sites (N-methyl/N-ethyl adjacent to an activating group) is 2. The number of carbonyl (C=O) groups excluding carboxylic acids is 3. The first kappa shape index (κ1) is 16.8. The van der Waals surface area contributed by atoms with Crippen molar-refractivity contribution in [2.24, 2.45) is 0 Å². The van der Waals surface area contributed by atoms with Crippen molar-refractivity contribution in [3.63, 3.8) is 0 Å². The molecule has 0 radical (unpaired) electrons. The van der Waals surface area contributed by atoms with Crippen molar-refractivity contribution >= 4 is 18.5 Å². The molecular formula is C15H20N2O4. The fraction of sp³-hybridized carbons (Fsp3) is 0.400. The first-order chi connectivity index (χ1) is 10.0. The Kier molecular flexibility index (Phi) is 6.55. The fourth-order valence-electron chi connectivity index (χ4n) is 2.17. The highest BCUT2D eigenvalue weighted by atomic mass is 16.3. The summed E-state index contributed by atoms with van der Waals surface area (Å²) in [6.45, 7) is 0.319. The Balaban J connectivity index is 2.92. The van der Waals surface area contributed by atoms with Gasteiger partial charge in [0.2, 0.25) is 5.91 Å². The number of hydrogen-bond acceptors (Lipinski definition) is 5. The molecule has 1 rings (SSSR count). The van der Waals surface area contributed by atoms with Gasteiger partial charge in [0.15, 0.2) is 0 Å². The van der Waals surface area contributed by atoms with E-state index < -0.39 is 6.04 Å². The van der Waals surface area contributed by atoms with E-state index in [1.54, 1.807) is 11.9 Å². The maximum absolute atomic E-state index is 11.9. The molecule has 6 heteroatoms. The fourth-order valence-corrected chi connectivity index (χ4v) is 2.17. The summed E-state index contributed by atoms with van der Waals surface area (Å²) >= 11 is 0. The van der Waals surface area contributed by atoms with Gasteiger partial charge in [-0.3, -0.25) is 14.5 Å². The van der Waals surface area contributed by atoms with Gasteiger partial charge in [-0.05, 0) is 37.2 Å². The first-order valence-corrected chi connectivity index (χ1v) is 6.66. The van der Waals surface area contributed by atoms with Gasteiger partial charge in [0.05, 0.1) is 6.04 Å². The van der Waals surface area contributed by atoms with E-state index in [4.69, 9.17) is 0 Å². The van der Waals surface area contributed by atoms with E-state index in [2.05, 4.69) is 5.32 Å². The predicted molar refractivity (Wildman–Crippen MR) is 78.1 cm³/mol. The van der Waals surface area contributed by atoms with Gasteiger partial charge < -0.3 is 15.2 Å². The number of phenolic OH excluding ortho intramolecular Hbond substituents is 1. The average molecular weight is 292 g/mol. The SMILES string of the molecule is CNC(=O)C(CCC=O)N(C)Cc1cc(O)ccc1C=O. The molecule has 0 spiro atoms. The quantitative estimate of drug-likeness (QED) is 0.690. The summed E-state index contributed by atoms with van der Waals surface area (Å²) in [5, 5.41) is 12.1. The number of nitrogens with zero attached hydrogens (tertiary/aromatic N) is 1. The molecule has 1 atom stereocenters. The van der Waals surface area contributed by atoms with Gasteiger partial charge >= 0.3 is 0 Å². The Hall–Kier alpha value is -2.21. The van der Waals surface area contributed by atoms with Crippen molar-refractivity contribution < 1.29 is 19.5 Å². The summed E-state index contributed by atoms with van der Waals surface area (Å²) < 4.78 is 0. The topological polar surface area (TPSA) is 86.7 Å². The highest BCUT2D eigenvalue weighted by Gasteiger charge is 2.22. The average Bonchev–Trinajstić information content (AvgIpc) is 2.47. The van der Waals surface area contributed by atoms with Crippen molar-refractivity contribution in [2.45, 2.75) is 25.4 Å². The maximum atomic E-state index is 11.9. The second kappa shape index (κ2) is 8.16. The van der Waals surface area contributed by atoms with Crippen molar-refractivity contribution in [1.82, 2.24) is 10.2 Å². The van der Waals surface area contributed by atoms with E-state index in [-0.39, 0.29) is 18.1 Å². The van der Waals surface area contributed by atoms with Gasteiger partial charge in [-0.2, -0.15) is 0 Å². The lowest BCUT2D eigenvalue weighted by molar-refractivity contribution is -0.126. The van der Waals surface area contributed by atoms with E-state index in [1.165, 1.54) is 25.2 Å². The van der Waals surface area contributed by atoms with Crippen LogP contribution in [0.5, 0.6) is 5.75 Å². The van der Waals surface area contributed by atoms with Crippen LogP contribution in [0.4, 0.5) is 0 Å². The number of rotatable bonds is 8. The molecule has 6 nitrogen and oxygen atoms in total. The standard InChI is InChI=1S/C15H20N2O4/c1-16-15(21)14(4-3-7-18)17(2)9-12-8-13(20)6-5-11(12)10-19/h5-8,10,14,20H,3-4,9H2,1-2H3,(H,16,21). The molecule has 1 unspecified atom stereocenters. The number of amides is 1. The van der Waals surface area contributed by atoms with Crippen LogP contribution in [0.1, 0.15) is 28.8 Å². The Labute approximate surface area is 123 Å². The first-order valence-electron chi connectivity index (χ1n) is 6.66. The monoisotopic (exact) mass is 292 g/mol. The van der Waals surface area contributed by atoms with Gasteiger partial charge in [-0.25, -0.2) is 0 Å². The van der Waals surface area contributed by atoms with Gasteiger partial charge in [0.1, 0.15) is 18.3 Å². The molecule has 0 aromatic heterocycles. The second-order valence-corrected chi connectivity index (χ2v) is 4.79. The van der Waals surface area contributed by atoms with Crippen LogP contribution >= 0.6 is 0 Å². The van der Waals surface area contributed by atoms with Gasteiger partial charge in [0, 0.05) is 25.6 Å². The highest BCUT2D eigenvalue weighted by molar-refractivity contribution is 5.82. The predicted octanol–water partition coefficient (Wildman–Crippen LogP) is 0.730. The van der Waals surface area contributed by atoms with Gasteiger partial charge in [0.25, 0.3) is 0 Å². The zero-order chi connectivity index (χ0) is 15.8. The molecule has 0 heterocycles. The molecule has 0 fully saturated rings. The van der Waals surface area contributed by atoms with E-state index in [1.807, 2.05) is 0 Å². The third kappa shape index (κ3) is 4.68. The van der Waals surface area contributed by atoms with Crippen LogP contribution in [-0.2, 0) is 16.1 Å². The van der Waals surface area contributed by atoms with Crippen LogP contribution in [-0.4, -0.2) is 48.6 Å². The lowest BCUT2D eigenvalue weighted by atomic mass is 10.0. The third-order valence-electron chi connectivity index (χ3n) is 3.31. The number of hydrogen-bond donors (Lipinski definition) is 2. The molecule has 1 aromatic carbocycles. The zero-order valence-corrected chi connectivity index (χ0v) is 12.2. The van der Waals surface area contributed by atoms with Gasteiger partial charge in [-0.1, -0.05) is 0 Å². The van der Waals surface area contributed by atoms with E-state index >= 15 is 0 Å². The number of aldehydes is 2. The summed E-state index contributed by atoms with van der Waals surface area (Å²) in [4.78, 5) is 35.2. The number of aromatic hydroxyl groups is 1. The smallest absolute Gasteiger partial charge is 0.237 e. The summed E-state index contributed by atoms with van der Waals surface area (Å²) in [6.07, 6.45) is 2.16. The third-order valence-corrected chi connectivity index (χ3v) is 3.31. The molecule has 0 saturated carbocycles. The zero-order valence-electron chi connectivity index (χ0n) is 12.2. The summed E-state index contributed by atoms with van der Waals surface area (Å²) in [5.41, 5.74) is 1.10. The molecule has 0 saturated heterocycles. The van der Waals surface area contributed by atoms with Crippen LogP contribution in [0.3, 0.4) is 0 Å². The molecule has 21 heavy (non-hydrogen) atoms. The molecule has 0 aliphatic rings. The lowest BCUT2D eigenvalue weighted by Crippen LogP contribution is -2.43. The Morgan fingerprint density at radius 1 is 1.43 bits per heavy atom. The minimum absolute atomic E-state index is 0.0633. The highest BCUT2D eigenvalue weighted by Crippen LogP contribution is 2.18. The minimum atomic E-state index is -0.470. The molecule has 0 aliphatic carbocycles. The normalized spacial score (nSPS) is 12.0. The van der Waals surface area contributed by atoms with Gasteiger partial charge in [-0.15, -0.1) is 0 Å². The van der Waals surface area contributed by atoms with Crippen LogP contribution in [0.25, 0.3) is 0 Å². The minimum Gasteiger partial charge on any atom is -0.508 e. The van der Waals surface area contributed by atoms with Crippen LogP contribution in [0.15, 0.2) is 18.2 Å². The van der Waals surface area contributed by atoms with Crippen LogP contribution in [0.2, 0.25) is 0 Å². The summed E-state index contributed by atoms with van der Waals surface area (Å²) in [5.74, 6) is -0.124. The second-order valence-electron chi connectivity index (χ2n) is 4.79. The largest absolute Gasteiger partial charge is 0.508 e. The Morgan fingerprint density at radius 3 is 2.71 bits per heavy atom. The molecule has 0 bridgehead atoms. The molecule has 1 aromatic rings. The van der Waals surface area contributed by atoms with E-state index in [9.17, 15) is 19.5 Å². The number of benzene rings is 1. The Bertz CT molecular complexity index is 516. The van der Waals surface area contributed by atoms with Crippen LogP contribution < -0.4 is 5.32 Å². The number of carbonyl (C=O) groups is 3. The van der Waals surface area contributed by atoms with Crippen molar-refractivity contribution in [3.8, 4) is 5.75 Å². The van der Waals surface area contributed by atoms with Crippen molar-refractivity contribution in [1.29, 1.82) is 0 Å². The van der Waals surface area contributed by atoms with E-state index in [0.717, 1.165) is 6.29 Å². The molecule has 114 valence electrons. The summed E-state index contributed by atoms with van der Waals surface area (Å²) in [6, 6.07) is 4.00. The van der Waals surface area contributed by atoms with Crippen LogP contribution in [0, 0.1) is 0 Å². The molecule has 2 N–H and O–H groups in total. The maximum Gasteiger partial charge on any atom is 0.237 e. The number of phenols is 1. The van der Waals surface area contributed by atoms with Crippen molar-refractivity contribution in [2.75, 3.05) is 14.1 Å². The van der Waals surface area contributed by atoms with E-state index in [0.29, 0.717) is 30.4 Å². The summed E-state index contributed by atoms with van der Waals surface area (Å²) in [7, 11) is 3.28. The Morgan fingerprint density at radius 2 is 2.14 bits per heavy atom. The number of nitrogens with one attached hydrogen (secondary N) is 1. The van der Waals surface area contributed by atoms with Crippen molar-refractivity contribution in [3.05, 3.63) is 29.3 Å². The molecular weight excluding hydrogens is 272 g/mol. The molecule has 1 amide bonds. The lowest BCUT2D eigenvalue weighted by Gasteiger charge is -2.26.